The van der Waals surface area contributed by atoms with Crippen LogP contribution in [0.5, 0.6) is 5.75 Å². The third-order valence-electron chi connectivity index (χ3n) is 3.56. The maximum absolute atomic E-state index is 12.3. The standard InChI is InChI=1S/C18H14ClNO4/c1-22-12-9-7-11(8-10-12)17-15(18(21)23-2)16(20-24-17)13-5-3-4-6-14(13)19/h3-10H,1-2H3. The van der Waals surface area contributed by atoms with Crippen LogP contribution in [0.1, 0.15) is 10.4 Å². The molecule has 0 spiro atoms. The average Bonchev–Trinajstić information content (AvgIpc) is 3.06. The molecule has 122 valence electrons. The molecular formula is C18H14ClNO4. The van der Waals surface area contributed by atoms with Crippen LogP contribution in [0.3, 0.4) is 0 Å². The molecule has 0 atom stereocenters. The number of benzene rings is 2. The monoisotopic (exact) mass is 343 g/mol. The molecule has 6 heteroatoms. The molecule has 0 N–H and O–H groups in total. The summed E-state index contributed by atoms with van der Waals surface area (Å²) in [5.41, 5.74) is 1.86. The van der Waals surface area contributed by atoms with E-state index < -0.39 is 5.97 Å². The zero-order chi connectivity index (χ0) is 17.1. The Bertz CT molecular complexity index is 871. The Hall–Kier alpha value is -2.79. The highest BCUT2D eigenvalue weighted by molar-refractivity contribution is 6.33. The molecule has 0 saturated carbocycles. The third-order valence-corrected chi connectivity index (χ3v) is 3.89. The Morgan fingerprint density at radius 2 is 1.79 bits per heavy atom. The number of hydrogen-bond donors (Lipinski definition) is 0. The van der Waals surface area contributed by atoms with Crippen LogP contribution in [-0.4, -0.2) is 25.3 Å². The van der Waals surface area contributed by atoms with Crippen molar-refractivity contribution in [3.05, 3.63) is 59.1 Å². The van der Waals surface area contributed by atoms with Crippen LogP contribution >= 0.6 is 11.6 Å². The van der Waals surface area contributed by atoms with E-state index in [0.29, 0.717) is 33.4 Å². The van der Waals surface area contributed by atoms with Gasteiger partial charge in [-0.15, -0.1) is 0 Å². The van der Waals surface area contributed by atoms with Crippen LogP contribution in [0.4, 0.5) is 0 Å². The Balaban J connectivity index is 2.17. The molecule has 0 amide bonds. The van der Waals surface area contributed by atoms with E-state index >= 15 is 0 Å². The third kappa shape index (κ3) is 2.86. The van der Waals surface area contributed by atoms with Gasteiger partial charge in [0.05, 0.1) is 19.2 Å². The summed E-state index contributed by atoms with van der Waals surface area (Å²) >= 11 is 6.22. The number of carbonyl (C=O) groups excluding carboxylic acids is 1. The van der Waals surface area contributed by atoms with Crippen LogP contribution in [-0.2, 0) is 4.74 Å². The van der Waals surface area contributed by atoms with E-state index in [2.05, 4.69) is 5.16 Å². The van der Waals surface area contributed by atoms with Crippen LogP contribution < -0.4 is 4.74 Å². The van der Waals surface area contributed by atoms with E-state index in [-0.39, 0.29) is 5.56 Å². The van der Waals surface area contributed by atoms with Crippen molar-refractivity contribution in [2.45, 2.75) is 0 Å². The van der Waals surface area contributed by atoms with Gasteiger partial charge in [-0.1, -0.05) is 35.0 Å². The lowest BCUT2D eigenvalue weighted by molar-refractivity contribution is 0.0602. The molecular weight excluding hydrogens is 330 g/mol. The molecule has 0 aliphatic rings. The van der Waals surface area contributed by atoms with E-state index in [9.17, 15) is 4.79 Å². The summed E-state index contributed by atoms with van der Waals surface area (Å²) in [7, 11) is 2.89. The molecule has 1 heterocycles. The maximum atomic E-state index is 12.3. The first-order valence-electron chi connectivity index (χ1n) is 7.13. The zero-order valence-electron chi connectivity index (χ0n) is 13.1. The zero-order valence-corrected chi connectivity index (χ0v) is 13.8. The number of rotatable bonds is 4. The van der Waals surface area contributed by atoms with Gasteiger partial charge in [0.1, 0.15) is 17.0 Å². The van der Waals surface area contributed by atoms with E-state index in [1.807, 2.05) is 6.07 Å². The molecule has 0 saturated heterocycles. The number of aromatic nitrogens is 1. The summed E-state index contributed by atoms with van der Waals surface area (Å²) in [6.45, 7) is 0. The van der Waals surface area contributed by atoms with Crippen molar-refractivity contribution < 1.29 is 18.8 Å². The minimum atomic E-state index is -0.544. The van der Waals surface area contributed by atoms with Crippen molar-refractivity contribution in [3.8, 4) is 28.3 Å². The van der Waals surface area contributed by atoms with Crippen molar-refractivity contribution in [2.24, 2.45) is 0 Å². The summed E-state index contributed by atoms with van der Waals surface area (Å²) in [5, 5.41) is 4.51. The van der Waals surface area contributed by atoms with Crippen LogP contribution in [0.15, 0.2) is 53.1 Å². The molecule has 0 radical (unpaired) electrons. The lowest BCUT2D eigenvalue weighted by Gasteiger charge is -2.05. The Morgan fingerprint density at radius 3 is 2.42 bits per heavy atom. The fourth-order valence-electron chi connectivity index (χ4n) is 2.36. The van der Waals surface area contributed by atoms with Crippen molar-refractivity contribution in [3.63, 3.8) is 0 Å². The molecule has 1 aromatic heterocycles. The van der Waals surface area contributed by atoms with Gasteiger partial charge in [-0.2, -0.15) is 0 Å². The first-order chi connectivity index (χ1) is 11.7. The molecule has 0 aliphatic carbocycles. The summed E-state index contributed by atoms with van der Waals surface area (Å²) in [5.74, 6) is 0.473. The Kier molecular flexibility index (Phi) is 4.53. The summed E-state index contributed by atoms with van der Waals surface area (Å²) < 4.78 is 15.5. The average molecular weight is 344 g/mol. The molecule has 3 aromatic rings. The van der Waals surface area contributed by atoms with Crippen molar-refractivity contribution in [1.29, 1.82) is 0 Å². The fraction of sp³-hybridized carbons (Fsp3) is 0.111. The highest BCUT2D eigenvalue weighted by Crippen LogP contribution is 2.36. The smallest absolute Gasteiger partial charge is 0.344 e. The van der Waals surface area contributed by atoms with E-state index in [0.717, 1.165) is 0 Å². The minimum absolute atomic E-state index is 0.232. The normalized spacial score (nSPS) is 10.5. The first-order valence-corrected chi connectivity index (χ1v) is 7.50. The highest BCUT2D eigenvalue weighted by Gasteiger charge is 2.26. The Labute approximate surface area is 143 Å². The molecule has 0 unspecified atom stereocenters. The van der Waals surface area contributed by atoms with Crippen LogP contribution in [0.25, 0.3) is 22.6 Å². The van der Waals surface area contributed by atoms with Crippen LogP contribution in [0.2, 0.25) is 5.02 Å². The van der Waals surface area contributed by atoms with E-state index in [4.69, 9.17) is 25.6 Å². The Morgan fingerprint density at radius 1 is 1.08 bits per heavy atom. The highest BCUT2D eigenvalue weighted by atomic mass is 35.5. The number of nitrogens with zero attached hydrogens (tertiary/aromatic N) is 1. The molecule has 2 aromatic carbocycles. The molecule has 0 aliphatic heterocycles. The largest absolute Gasteiger partial charge is 0.497 e. The second kappa shape index (κ2) is 6.76. The molecule has 3 rings (SSSR count). The predicted octanol–water partition coefficient (Wildman–Crippen LogP) is 4.46. The summed E-state index contributed by atoms with van der Waals surface area (Å²) in [6, 6.07) is 14.2. The molecule has 5 nitrogen and oxygen atoms in total. The number of ether oxygens (including phenoxy) is 2. The number of esters is 1. The fourth-order valence-corrected chi connectivity index (χ4v) is 2.58. The molecule has 24 heavy (non-hydrogen) atoms. The van der Waals surface area contributed by atoms with Gasteiger partial charge in [0.25, 0.3) is 0 Å². The second-order valence-electron chi connectivity index (χ2n) is 4.94. The van der Waals surface area contributed by atoms with Gasteiger partial charge >= 0.3 is 5.97 Å². The number of halogens is 1. The van der Waals surface area contributed by atoms with E-state index in [1.165, 1.54) is 7.11 Å². The topological polar surface area (TPSA) is 61.6 Å². The number of carbonyl (C=O) groups is 1. The maximum Gasteiger partial charge on any atom is 0.344 e. The van der Waals surface area contributed by atoms with Crippen molar-refractivity contribution in [1.82, 2.24) is 5.16 Å². The molecule has 0 bridgehead atoms. The van der Waals surface area contributed by atoms with Gasteiger partial charge in [0.15, 0.2) is 5.76 Å². The minimum Gasteiger partial charge on any atom is -0.497 e. The predicted molar refractivity (Wildman–Crippen MR) is 90.3 cm³/mol. The van der Waals surface area contributed by atoms with Gasteiger partial charge in [0.2, 0.25) is 0 Å². The van der Waals surface area contributed by atoms with Gasteiger partial charge in [-0.25, -0.2) is 4.79 Å². The summed E-state index contributed by atoms with van der Waals surface area (Å²) in [4.78, 5) is 12.3. The SMILES string of the molecule is COC(=O)c1c(-c2ccccc2Cl)noc1-c1ccc(OC)cc1. The first kappa shape index (κ1) is 16.1. The lowest BCUT2D eigenvalue weighted by atomic mass is 10.0. The van der Waals surface area contributed by atoms with Crippen LogP contribution in [0, 0.1) is 0 Å². The van der Waals surface area contributed by atoms with E-state index in [1.54, 1.807) is 49.6 Å². The number of hydrogen-bond acceptors (Lipinski definition) is 5. The van der Waals surface area contributed by atoms with Crippen molar-refractivity contribution in [2.75, 3.05) is 14.2 Å². The van der Waals surface area contributed by atoms with Gasteiger partial charge in [-0.3, -0.25) is 0 Å². The molecule has 0 fully saturated rings. The lowest BCUT2D eigenvalue weighted by Crippen LogP contribution is -2.03. The number of methoxy groups -OCH3 is 2. The van der Waals surface area contributed by atoms with Gasteiger partial charge in [-0.05, 0) is 30.3 Å². The van der Waals surface area contributed by atoms with Gasteiger partial charge < -0.3 is 14.0 Å². The second-order valence-corrected chi connectivity index (χ2v) is 5.34. The quantitative estimate of drug-likeness (QED) is 0.654. The van der Waals surface area contributed by atoms with Gasteiger partial charge in [0, 0.05) is 11.1 Å². The van der Waals surface area contributed by atoms with Crippen molar-refractivity contribution >= 4 is 17.6 Å². The summed E-state index contributed by atoms with van der Waals surface area (Å²) in [6.07, 6.45) is 0.